The molecule has 0 aromatic heterocycles. The molecule has 3 heteroatoms. The van der Waals surface area contributed by atoms with Crippen molar-refractivity contribution in [2.75, 3.05) is 6.54 Å². The van der Waals surface area contributed by atoms with E-state index in [1.54, 1.807) is 0 Å². The minimum Gasteiger partial charge on any atom is -0.234 e. The summed E-state index contributed by atoms with van der Waals surface area (Å²) >= 11 is 1.95. The van der Waals surface area contributed by atoms with Gasteiger partial charge in [0.2, 0.25) is 0 Å². The van der Waals surface area contributed by atoms with Crippen molar-refractivity contribution in [3.63, 3.8) is 0 Å². The summed E-state index contributed by atoms with van der Waals surface area (Å²) in [4.78, 5) is 0. The van der Waals surface area contributed by atoms with E-state index in [9.17, 15) is 0 Å². The topological polar surface area (TPSA) is 3.24 Å². The van der Waals surface area contributed by atoms with Gasteiger partial charge in [-0.3, -0.25) is 0 Å². The van der Waals surface area contributed by atoms with Crippen molar-refractivity contribution >= 4 is 21.3 Å². The van der Waals surface area contributed by atoms with Gasteiger partial charge in [-0.1, -0.05) is 40.6 Å². The van der Waals surface area contributed by atoms with Crippen molar-refractivity contribution in [3.05, 3.63) is 0 Å². The average molecular weight is 233 g/mol. The zero-order valence-electron chi connectivity index (χ0n) is 9.75. The molecule has 0 heterocycles. The van der Waals surface area contributed by atoms with Crippen LogP contribution in [0.2, 0.25) is 0 Å². The van der Waals surface area contributed by atoms with Gasteiger partial charge in [-0.15, -0.1) is 0 Å². The average Bonchev–Trinajstić information content (AvgIpc) is 2.02. The Kier molecular flexibility index (Phi) is 5.24. The molecule has 0 N–H and O–H groups in total. The summed E-state index contributed by atoms with van der Waals surface area (Å²) in [6.45, 7) is 8.06. The van der Waals surface area contributed by atoms with E-state index in [2.05, 4.69) is 34.2 Å². The second kappa shape index (κ2) is 5.72. The Balaban J connectivity index is 2.21. The molecule has 0 spiro atoms. The quantitative estimate of drug-likeness (QED) is 0.533. The first-order valence-electron chi connectivity index (χ1n) is 5.69. The first-order valence-corrected chi connectivity index (χ1v) is 6.98. The lowest BCUT2D eigenvalue weighted by atomic mass is 9.89. The van der Waals surface area contributed by atoms with Gasteiger partial charge in [0, 0.05) is 11.3 Å². The molecule has 0 bridgehead atoms. The molecule has 1 atom stereocenters. The maximum atomic E-state index is 2.86. The Labute approximate surface area is 95.8 Å². The van der Waals surface area contributed by atoms with Crippen LogP contribution in [0.25, 0.3) is 0 Å². The van der Waals surface area contributed by atoms with Crippen molar-refractivity contribution in [3.8, 4) is 0 Å². The number of rotatable bonds is 3. The maximum Gasteiger partial charge on any atom is 0.0225 e. The minimum atomic E-state index is 0.344. The summed E-state index contributed by atoms with van der Waals surface area (Å²) in [5, 5.41) is 0. The van der Waals surface area contributed by atoms with E-state index in [1.165, 1.54) is 38.6 Å². The molecule has 1 aliphatic rings. The molecule has 0 saturated heterocycles. The number of nitrogens with zero attached hydrogens (tertiary/aromatic N) is 1. The molecule has 0 aromatic rings. The smallest absolute Gasteiger partial charge is 0.0225 e. The van der Waals surface area contributed by atoms with Crippen LogP contribution < -0.4 is 0 Å². The van der Waals surface area contributed by atoms with Gasteiger partial charge in [-0.05, 0) is 39.5 Å². The van der Waals surface area contributed by atoms with E-state index in [0.29, 0.717) is 4.75 Å². The van der Waals surface area contributed by atoms with Crippen molar-refractivity contribution in [2.45, 2.75) is 57.6 Å². The highest BCUT2D eigenvalue weighted by atomic mass is 32.2. The van der Waals surface area contributed by atoms with Gasteiger partial charge in [0.25, 0.3) is 0 Å². The van der Waals surface area contributed by atoms with Crippen LogP contribution in [0.15, 0.2) is 0 Å². The Morgan fingerprint density at radius 2 is 1.79 bits per heavy atom. The molecular weight excluding hydrogens is 209 g/mol. The summed E-state index contributed by atoms with van der Waals surface area (Å²) in [5.74, 6) is 0.941. The van der Waals surface area contributed by atoms with Gasteiger partial charge in [0.05, 0.1) is 0 Å². The monoisotopic (exact) mass is 233 g/mol. The van der Waals surface area contributed by atoms with Crippen LogP contribution >= 0.6 is 21.3 Å². The largest absolute Gasteiger partial charge is 0.234 e. The van der Waals surface area contributed by atoms with Crippen molar-refractivity contribution in [1.82, 2.24) is 4.08 Å². The predicted molar refractivity (Wildman–Crippen MR) is 70.3 cm³/mol. The highest BCUT2D eigenvalue weighted by Gasteiger charge is 2.19. The standard InChI is InChI=1S/C11H24NPS/c1-11(2,3)14-12(13)9-10-7-5-4-6-8-10/h10H,4-9,13H2,1-3H3. The lowest BCUT2D eigenvalue weighted by Crippen LogP contribution is -2.22. The summed E-state index contributed by atoms with van der Waals surface area (Å²) in [6, 6.07) is 0. The molecule has 0 amide bonds. The summed E-state index contributed by atoms with van der Waals surface area (Å²) < 4.78 is 2.70. The molecule has 1 nitrogen and oxygen atoms in total. The number of hydrogen-bond acceptors (Lipinski definition) is 2. The zero-order chi connectivity index (χ0) is 10.6. The van der Waals surface area contributed by atoms with Crippen molar-refractivity contribution in [2.24, 2.45) is 5.92 Å². The highest BCUT2D eigenvalue weighted by Crippen LogP contribution is 2.33. The van der Waals surface area contributed by atoms with Crippen molar-refractivity contribution < 1.29 is 0 Å². The molecule has 1 saturated carbocycles. The Morgan fingerprint density at radius 3 is 2.29 bits per heavy atom. The molecule has 1 aliphatic carbocycles. The van der Waals surface area contributed by atoms with E-state index in [4.69, 9.17) is 0 Å². The van der Waals surface area contributed by atoms with E-state index >= 15 is 0 Å². The Hall–Kier alpha value is 0.740. The molecule has 1 fully saturated rings. The Bertz CT molecular complexity index is 161. The molecule has 1 unspecified atom stereocenters. The van der Waals surface area contributed by atoms with Gasteiger partial charge >= 0.3 is 0 Å². The number of hydrogen-bond donors (Lipinski definition) is 0. The molecule has 84 valence electrons. The fraction of sp³-hybridized carbons (Fsp3) is 1.00. The molecule has 0 aromatic carbocycles. The maximum absolute atomic E-state index is 2.86. The summed E-state index contributed by atoms with van der Waals surface area (Å²) in [6.07, 6.45) is 7.23. The van der Waals surface area contributed by atoms with Gasteiger partial charge in [0.15, 0.2) is 0 Å². The lowest BCUT2D eigenvalue weighted by molar-refractivity contribution is 0.336. The third kappa shape index (κ3) is 5.58. The van der Waals surface area contributed by atoms with Gasteiger partial charge in [-0.2, -0.15) is 0 Å². The summed E-state index contributed by atoms with van der Waals surface area (Å²) in [7, 11) is 2.86. The lowest BCUT2D eigenvalue weighted by Gasteiger charge is -2.30. The third-order valence-electron chi connectivity index (χ3n) is 2.55. The van der Waals surface area contributed by atoms with Gasteiger partial charge in [-0.25, -0.2) is 4.08 Å². The first kappa shape index (κ1) is 12.8. The molecule has 0 aliphatic heterocycles. The van der Waals surface area contributed by atoms with Crippen LogP contribution in [0.3, 0.4) is 0 Å². The van der Waals surface area contributed by atoms with Crippen LogP contribution in [0.4, 0.5) is 0 Å². The molecule has 1 rings (SSSR count). The van der Waals surface area contributed by atoms with E-state index in [1.807, 2.05) is 11.9 Å². The highest BCUT2D eigenvalue weighted by molar-refractivity contribution is 8.00. The van der Waals surface area contributed by atoms with Crippen LogP contribution in [-0.2, 0) is 0 Å². The fourth-order valence-electron chi connectivity index (χ4n) is 2.01. The molecule has 14 heavy (non-hydrogen) atoms. The first-order chi connectivity index (χ1) is 6.47. The zero-order valence-corrected chi connectivity index (χ0v) is 11.7. The van der Waals surface area contributed by atoms with Crippen LogP contribution in [0, 0.1) is 5.92 Å². The normalized spacial score (nSPS) is 20.4. The van der Waals surface area contributed by atoms with E-state index in [-0.39, 0.29) is 0 Å². The van der Waals surface area contributed by atoms with Crippen LogP contribution in [0.5, 0.6) is 0 Å². The van der Waals surface area contributed by atoms with E-state index in [0.717, 1.165) is 5.92 Å². The second-order valence-electron chi connectivity index (χ2n) is 5.31. The minimum absolute atomic E-state index is 0.344. The van der Waals surface area contributed by atoms with Gasteiger partial charge < -0.3 is 0 Å². The fourth-order valence-corrected chi connectivity index (χ4v) is 4.25. The predicted octanol–water partition coefficient (Wildman–Crippen LogP) is 4.11. The van der Waals surface area contributed by atoms with Crippen molar-refractivity contribution in [1.29, 1.82) is 0 Å². The SMILES string of the molecule is CC(C)(C)SN(P)CC1CCCCC1. The molecule has 0 radical (unpaired) electrons. The summed E-state index contributed by atoms with van der Waals surface area (Å²) in [5.41, 5.74) is 0. The Morgan fingerprint density at radius 1 is 1.21 bits per heavy atom. The molecular formula is C11H24NPS. The second-order valence-corrected chi connectivity index (χ2v) is 8.18. The van der Waals surface area contributed by atoms with Crippen LogP contribution in [-0.4, -0.2) is 15.4 Å². The van der Waals surface area contributed by atoms with Gasteiger partial charge in [0.1, 0.15) is 0 Å². The van der Waals surface area contributed by atoms with Crippen LogP contribution in [0.1, 0.15) is 52.9 Å². The van der Waals surface area contributed by atoms with E-state index < -0.39 is 0 Å². The third-order valence-corrected chi connectivity index (χ3v) is 4.01.